The van der Waals surface area contributed by atoms with E-state index in [2.05, 4.69) is 5.32 Å². The summed E-state index contributed by atoms with van der Waals surface area (Å²) in [7, 11) is 0. The molecule has 18 heavy (non-hydrogen) atoms. The van der Waals surface area contributed by atoms with Crippen LogP contribution in [0, 0.1) is 6.92 Å². The molecule has 0 radical (unpaired) electrons. The monoisotopic (exact) mass is 255 g/mol. The number of hydrogen-bond acceptors (Lipinski definition) is 5. The number of carboxylic acids is 1. The van der Waals surface area contributed by atoms with E-state index in [4.69, 9.17) is 5.11 Å². The maximum atomic E-state index is 11.1. The number of rotatable bonds is 6. The summed E-state index contributed by atoms with van der Waals surface area (Å²) < 4.78 is 0. The summed E-state index contributed by atoms with van der Waals surface area (Å²) in [5.41, 5.74) is -0.400. The summed E-state index contributed by atoms with van der Waals surface area (Å²) in [5, 5.41) is 39.5. The zero-order chi connectivity index (χ0) is 13.8. The molecule has 0 unspecified atom stereocenters. The zero-order valence-electron chi connectivity index (χ0n) is 10.1. The van der Waals surface area contributed by atoms with Crippen molar-refractivity contribution in [2.45, 2.75) is 12.5 Å². The number of hydrogen-bond donors (Lipinski definition) is 5. The molecular weight excluding hydrogens is 238 g/mol. The zero-order valence-corrected chi connectivity index (χ0v) is 10.1. The fourth-order valence-corrected chi connectivity index (χ4v) is 1.55. The first-order chi connectivity index (χ1) is 8.49. The average Bonchev–Trinajstić information content (AvgIpc) is 2.37. The molecule has 1 aromatic carbocycles. The molecule has 0 spiro atoms. The van der Waals surface area contributed by atoms with Gasteiger partial charge in [-0.15, -0.1) is 0 Å². The van der Waals surface area contributed by atoms with Crippen molar-refractivity contribution in [3.05, 3.63) is 29.3 Å². The van der Waals surface area contributed by atoms with Gasteiger partial charge in [0.2, 0.25) is 0 Å². The van der Waals surface area contributed by atoms with Crippen LogP contribution in [0.25, 0.3) is 0 Å². The van der Waals surface area contributed by atoms with Crippen molar-refractivity contribution in [1.29, 1.82) is 0 Å². The Morgan fingerprint density at radius 2 is 1.78 bits per heavy atom. The van der Waals surface area contributed by atoms with Gasteiger partial charge in [0, 0.05) is 0 Å². The average molecular weight is 255 g/mol. The number of carbonyl (C=O) groups is 1. The molecule has 100 valence electrons. The van der Waals surface area contributed by atoms with E-state index in [0.29, 0.717) is 5.56 Å². The van der Waals surface area contributed by atoms with E-state index in [1.807, 2.05) is 0 Å². The third-order valence-electron chi connectivity index (χ3n) is 2.80. The number of aliphatic hydroxyl groups is 3. The quantitative estimate of drug-likeness (QED) is 0.482. The van der Waals surface area contributed by atoms with Crippen molar-refractivity contribution in [2.75, 3.05) is 25.1 Å². The number of para-hydroxylation sites is 1. The molecule has 0 aliphatic carbocycles. The summed E-state index contributed by atoms with van der Waals surface area (Å²) in [4.78, 5) is 11.1. The Bertz CT molecular complexity index is 420. The number of aryl methyl sites for hydroxylation is 1. The van der Waals surface area contributed by atoms with E-state index < -0.39 is 31.3 Å². The van der Waals surface area contributed by atoms with Crippen LogP contribution in [-0.2, 0) is 0 Å². The van der Waals surface area contributed by atoms with Gasteiger partial charge in [-0.25, -0.2) is 4.79 Å². The van der Waals surface area contributed by atoms with Crippen molar-refractivity contribution in [2.24, 2.45) is 0 Å². The van der Waals surface area contributed by atoms with Crippen LogP contribution in [-0.4, -0.2) is 51.8 Å². The molecule has 1 rings (SSSR count). The SMILES string of the molecule is Cc1cccc(C(=O)O)c1NC(CO)(CO)CO. The predicted octanol–water partition coefficient (Wildman–Crippen LogP) is -0.179. The molecule has 1 aromatic rings. The molecular formula is C12H17NO5. The van der Waals surface area contributed by atoms with Gasteiger partial charge >= 0.3 is 5.97 Å². The number of anilines is 1. The smallest absolute Gasteiger partial charge is 0.337 e. The Labute approximate surface area is 105 Å². The largest absolute Gasteiger partial charge is 0.478 e. The second kappa shape index (κ2) is 5.81. The van der Waals surface area contributed by atoms with E-state index in [1.54, 1.807) is 19.1 Å². The van der Waals surface area contributed by atoms with E-state index >= 15 is 0 Å². The first-order valence-corrected chi connectivity index (χ1v) is 5.43. The lowest BCUT2D eigenvalue weighted by Gasteiger charge is -2.31. The van der Waals surface area contributed by atoms with Crippen LogP contribution >= 0.6 is 0 Å². The Morgan fingerprint density at radius 1 is 1.22 bits per heavy atom. The summed E-state index contributed by atoms with van der Waals surface area (Å²) in [5.74, 6) is -1.12. The molecule has 6 nitrogen and oxygen atoms in total. The lowest BCUT2D eigenvalue weighted by molar-refractivity contribution is 0.0692. The van der Waals surface area contributed by atoms with Crippen LogP contribution in [0.2, 0.25) is 0 Å². The molecule has 0 saturated carbocycles. The van der Waals surface area contributed by atoms with Gasteiger partial charge in [0.15, 0.2) is 0 Å². The Balaban J connectivity index is 3.20. The molecule has 0 heterocycles. The van der Waals surface area contributed by atoms with Crippen molar-refractivity contribution in [1.82, 2.24) is 0 Å². The lowest BCUT2D eigenvalue weighted by Crippen LogP contribution is -2.49. The van der Waals surface area contributed by atoms with Gasteiger partial charge < -0.3 is 25.7 Å². The van der Waals surface area contributed by atoms with Gasteiger partial charge in [-0.2, -0.15) is 0 Å². The summed E-state index contributed by atoms with van der Waals surface area (Å²) in [6, 6.07) is 4.71. The molecule has 0 aliphatic rings. The highest BCUT2D eigenvalue weighted by Gasteiger charge is 2.29. The van der Waals surface area contributed by atoms with Crippen molar-refractivity contribution in [3.63, 3.8) is 0 Å². The molecule has 0 aliphatic heterocycles. The Hall–Kier alpha value is -1.63. The second-order valence-electron chi connectivity index (χ2n) is 4.18. The van der Waals surface area contributed by atoms with Gasteiger partial charge in [0.05, 0.1) is 31.1 Å². The van der Waals surface area contributed by atoms with Crippen molar-refractivity contribution < 1.29 is 25.2 Å². The van der Waals surface area contributed by atoms with Crippen molar-refractivity contribution >= 4 is 11.7 Å². The molecule has 5 N–H and O–H groups in total. The standard InChI is InChI=1S/C12H17NO5/c1-8-3-2-4-9(11(17)18)10(8)13-12(5-14,6-15)7-16/h2-4,13-16H,5-7H2,1H3,(H,17,18). The van der Waals surface area contributed by atoms with Gasteiger partial charge in [-0.1, -0.05) is 12.1 Å². The van der Waals surface area contributed by atoms with Crippen LogP contribution in [0.5, 0.6) is 0 Å². The minimum Gasteiger partial charge on any atom is -0.478 e. The summed E-state index contributed by atoms with van der Waals surface area (Å²) in [6.45, 7) is 0.139. The lowest BCUT2D eigenvalue weighted by atomic mass is 10.00. The summed E-state index contributed by atoms with van der Waals surface area (Å²) in [6.07, 6.45) is 0. The van der Waals surface area contributed by atoms with Crippen LogP contribution in [0.3, 0.4) is 0 Å². The second-order valence-corrected chi connectivity index (χ2v) is 4.18. The Kier molecular flexibility index (Phi) is 4.66. The number of benzene rings is 1. The highest BCUT2D eigenvalue weighted by atomic mass is 16.4. The molecule has 0 aromatic heterocycles. The topological polar surface area (TPSA) is 110 Å². The van der Waals surface area contributed by atoms with Gasteiger partial charge in [-0.05, 0) is 18.6 Å². The molecule has 0 atom stereocenters. The van der Waals surface area contributed by atoms with Crippen LogP contribution in [0.1, 0.15) is 15.9 Å². The maximum absolute atomic E-state index is 11.1. The highest BCUT2D eigenvalue weighted by Crippen LogP contribution is 2.24. The van der Waals surface area contributed by atoms with Gasteiger partial charge in [-0.3, -0.25) is 0 Å². The number of nitrogens with one attached hydrogen (secondary N) is 1. The molecule has 6 heteroatoms. The highest BCUT2D eigenvalue weighted by molar-refractivity contribution is 5.95. The normalized spacial score (nSPS) is 11.3. The fourth-order valence-electron chi connectivity index (χ4n) is 1.55. The maximum Gasteiger partial charge on any atom is 0.337 e. The van der Waals surface area contributed by atoms with E-state index in [9.17, 15) is 20.1 Å². The van der Waals surface area contributed by atoms with E-state index in [0.717, 1.165) is 0 Å². The number of carboxylic acid groups (broad SMARTS) is 1. The third kappa shape index (κ3) is 2.79. The first-order valence-electron chi connectivity index (χ1n) is 5.43. The number of aromatic carboxylic acids is 1. The summed E-state index contributed by atoms with van der Waals surface area (Å²) >= 11 is 0. The minimum atomic E-state index is -1.35. The first kappa shape index (κ1) is 14.4. The minimum absolute atomic E-state index is 0.0229. The third-order valence-corrected chi connectivity index (χ3v) is 2.80. The van der Waals surface area contributed by atoms with Crippen LogP contribution < -0.4 is 5.32 Å². The predicted molar refractivity (Wildman–Crippen MR) is 65.7 cm³/mol. The van der Waals surface area contributed by atoms with Gasteiger partial charge in [0.1, 0.15) is 5.54 Å². The molecule has 0 amide bonds. The van der Waals surface area contributed by atoms with Crippen LogP contribution in [0.15, 0.2) is 18.2 Å². The van der Waals surface area contributed by atoms with Crippen LogP contribution in [0.4, 0.5) is 5.69 Å². The molecule has 0 fully saturated rings. The number of aliphatic hydroxyl groups excluding tert-OH is 3. The molecule has 0 bridgehead atoms. The molecule has 0 saturated heterocycles. The van der Waals surface area contributed by atoms with E-state index in [1.165, 1.54) is 6.07 Å². The fraction of sp³-hybridized carbons (Fsp3) is 0.417. The van der Waals surface area contributed by atoms with Gasteiger partial charge in [0.25, 0.3) is 0 Å². The Morgan fingerprint density at radius 3 is 2.22 bits per heavy atom. The van der Waals surface area contributed by atoms with Crippen molar-refractivity contribution in [3.8, 4) is 0 Å². The van der Waals surface area contributed by atoms with E-state index in [-0.39, 0.29) is 11.3 Å².